The number of likely N-dealkylation sites (tertiary alicyclic amines) is 1. The molecule has 0 spiro atoms. The van der Waals surface area contributed by atoms with Crippen molar-refractivity contribution < 1.29 is 14.0 Å². The van der Waals surface area contributed by atoms with Crippen molar-refractivity contribution in [3.8, 4) is 0 Å². The zero-order valence-electron chi connectivity index (χ0n) is 20.0. The third kappa shape index (κ3) is 5.14. The van der Waals surface area contributed by atoms with Gasteiger partial charge in [-0.05, 0) is 68.0 Å². The van der Waals surface area contributed by atoms with Crippen molar-refractivity contribution in [2.24, 2.45) is 0 Å². The number of rotatable bonds is 5. The van der Waals surface area contributed by atoms with Gasteiger partial charge in [-0.15, -0.1) is 0 Å². The quantitative estimate of drug-likeness (QED) is 0.601. The average molecular weight is 475 g/mol. The molecule has 0 aliphatic carbocycles. The summed E-state index contributed by atoms with van der Waals surface area (Å²) in [6.07, 6.45) is 8.19. The Balaban J connectivity index is 1.44. The van der Waals surface area contributed by atoms with Gasteiger partial charge >= 0.3 is 0 Å². The molecule has 1 aromatic heterocycles. The van der Waals surface area contributed by atoms with Crippen LogP contribution < -0.4 is 5.32 Å². The monoisotopic (exact) mass is 474 g/mol. The minimum atomic E-state index is -0.271. The van der Waals surface area contributed by atoms with E-state index in [1.165, 1.54) is 12.1 Å². The van der Waals surface area contributed by atoms with Crippen molar-refractivity contribution in [1.82, 2.24) is 19.8 Å². The van der Waals surface area contributed by atoms with Crippen LogP contribution in [-0.2, 0) is 17.8 Å². The molecule has 2 saturated heterocycles. The molecule has 35 heavy (non-hydrogen) atoms. The predicted octanol–water partition coefficient (Wildman–Crippen LogP) is 4.26. The number of imidazole rings is 1. The van der Waals surface area contributed by atoms with Gasteiger partial charge < -0.3 is 14.8 Å². The summed E-state index contributed by atoms with van der Waals surface area (Å²) in [6.45, 7) is 2.61. The molecule has 2 aromatic carbocycles. The molecule has 2 aliphatic heterocycles. The van der Waals surface area contributed by atoms with Crippen molar-refractivity contribution in [1.29, 1.82) is 0 Å². The molecular formula is C28H31FN4O2. The van der Waals surface area contributed by atoms with Crippen LogP contribution in [0.4, 0.5) is 4.39 Å². The summed E-state index contributed by atoms with van der Waals surface area (Å²) >= 11 is 0. The molecule has 2 aliphatic rings. The van der Waals surface area contributed by atoms with Crippen LogP contribution in [0.2, 0.25) is 0 Å². The summed E-state index contributed by atoms with van der Waals surface area (Å²) in [6, 6.07) is 14.1. The molecule has 0 unspecified atom stereocenters. The zero-order chi connectivity index (χ0) is 24.4. The highest BCUT2D eigenvalue weighted by Crippen LogP contribution is 2.33. The summed E-state index contributed by atoms with van der Waals surface area (Å²) in [7, 11) is 0. The Morgan fingerprint density at radius 3 is 2.74 bits per heavy atom. The number of halogens is 1. The fraction of sp³-hybridized carbons (Fsp3) is 0.393. The number of amides is 2. The van der Waals surface area contributed by atoms with Crippen LogP contribution in [0.25, 0.3) is 0 Å². The van der Waals surface area contributed by atoms with Crippen LogP contribution in [0.3, 0.4) is 0 Å². The summed E-state index contributed by atoms with van der Waals surface area (Å²) in [4.78, 5) is 32.7. The van der Waals surface area contributed by atoms with Gasteiger partial charge in [0, 0.05) is 37.0 Å². The molecular weight excluding hydrogens is 443 g/mol. The van der Waals surface area contributed by atoms with Gasteiger partial charge in [0.1, 0.15) is 11.6 Å². The molecule has 3 aromatic rings. The first-order valence-corrected chi connectivity index (χ1v) is 12.4. The van der Waals surface area contributed by atoms with E-state index in [2.05, 4.69) is 14.9 Å². The van der Waals surface area contributed by atoms with E-state index in [4.69, 9.17) is 0 Å². The third-order valence-electron chi connectivity index (χ3n) is 7.31. The van der Waals surface area contributed by atoms with Gasteiger partial charge in [0.25, 0.3) is 5.91 Å². The minimum Gasteiger partial charge on any atom is -0.351 e. The van der Waals surface area contributed by atoms with E-state index < -0.39 is 0 Å². The molecule has 6 nitrogen and oxygen atoms in total. The van der Waals surface area contributed by atoms with Gasteiger partial charge in [0.05, 0.1) is 12.1 Å². The Kier molecular flexibility index (Phi) is 6.66. The number of carbonyl (C=O) groups is 2. The lowest BCUT2D eigenvalue weighted by atomic mass is 9.97. The molecule has 182 valence electrons. The van der Waals surface area contributed by atoms with Crippen LogP contribution >= 0.6 is 0 Å². The fourth-order valence-electron chi connectivity index (χ4n) is 5.55. The van der Waals surface area contributed by atoms with E-state index in [0.717, 1.165) is 36.2 Å². The minimum absolute atomic E-state index is 0.0105. The summed E-state index contributed by atoms with van der Waals surface area (Å²) in [5, 5.41) is 3.19. The number of benzene rings is 2. The van der Waals surface area contributed by atoms with Crippen molar-refractivity contribution in [2.45, 2.75) is 70.1 Å². The van der Waals surface area contributed by atoms with Crippen LogP contribution in [0.1, 0.15) is 59.4 Å². The number of carbonyl (C=O) groups excluding carboxylic acids is 2. The molecule has 2 amide bonds. The van der Waals surface area contributed by atoms with Crippen LogP contribution in [0.15, 0.2) is 60.9 Å². The molecule has 7 heteroatoms. The van der Waals surface area contributed by atoms with Crippen molar-refractivity contribution >= 4 is 11.8 Å². The Morgan fingerprint density at radius 1 is 1.14 bits per heavy atom. The second-order valence-corrected chi connectivity index (χ2v) is 9.72. The zero-order valence-corrected chi connectivity index (χ0v) is 20.0. The first-order valence-electron chi connectivity index (χ1n) is 12.4. The number of hydrogen-bond acceptors (Lipinski definition) is 3. The van der Waals surface area contributed by atoms with E-state index in [1.807, 2.05) is 42.3 Å². The van der Waals surface area contributed by atoms with E-state index in [-0.39, 0.29) is 35.8 Å². The fourth-order valence-corrected chi connectivity index (χ4v) is 5.55. The normalized spacial score (nSPS) is 22.3. The second-order valence-electron chi connectivity index (χ2n) is 9.72. The molecule has 1 N–H and O–H groups in total. The summed E-state index contributed by atoms with van der Waals surface area (Å²) in [5.41, 5.74) is 2.67. The molecule has 2 fully saturated rings. The smallest absolute Gasteiger partial charge is 0.254 e. The Bertz CT molecular complexity index is 1210. The summed E-state index contributed by atoms with van der Waals surface area (Å²) < 4.78 is 15.5. The summed E-state index contributed by atoms with van der Waals surface area (Å²) in [5.74, 6) is 0.705. The van der Waals surface area contributed by atoms with Gasteiger partial charge in [-0.2, -0.15) is 0 Å². The van der Waals surface area contributed by atoms with E-state index in [9.17, 15) is 14.0 Å². The van der Waals surface area contributed by atoms with Gasteiger partial charge in [-0.3, -0.25) is 9.59 Å². The molecule has 3 heterocycles. The Labute approximate surface area is 205 Å². The largest absolute Gasteiger partial charge is 0.351 e. The topological polar surface area (TPSA) is 67.2 Å². The maximum atomic E-state index is 14.0. The van der Waals surface area contributed by atoms with Crippen LogP contribution in [0, 0.1) is 12.7 Å². The number of aromatic nitrogens is 2. The average Bonchev–Trinajstić information content (AvgIpc) is 3.39. The Morgan fingerprint density at radius 2 is 1.97 bits per heavy atom. The third-order valence-corrected chi connectivity index (χ3v) is 7.31. The first kappa shape index (κ1) is 23.3. The lowest BCUT2D eigenvalue weighted by Gasteiger charge is -2.33. The maximum absolute atomic E-state index is 14.0. The highest BCUT2D eigenvalue weighted by Gasteiger charge is 2.44. The number of hydrogen-bond donors (Lipinski definition) is 1. The van der Waals surface area contributed by atoms with Crippen LogP contribution in [0.5, 0.6) is 0 Å². The van der Waals surface area contributed by atoms with Gasteiger partial charge in [-0.1, -0.05) is 30.7 Å². The molecule has 3 atom stereocenters. The van der Waals surface area contributed by atoms with Crippen molar-refractivity contribution in [3.63, 3.8) is 0 Å². The SMILES string of the molecule is Cc1nccn1Cc1cccc(C(=O)N2[C@@H](Cc3ccc(F)cc3)C[C@H]3NC(=O)CCCC[C@@H]32)c1. The van der Waals surface area contributed by atoms with Gasteiger partial charge in [0.2, 0.25) is 5.91 Å². The standard InChI is InChI=1S/C28H31FN4O2/c1-19-30-13-14-32(19)18-21-5-4-6-22(15-21)28(35)33-24(16-20-9-11-23(29)12-10-20)17-25-26(33)7-2-3-8-27(34)31-25/h4-6,9-15,24-26H,2-3,7-8,16-18H2,1H3,(H,31,34)/t24-,25+,26-/m0/s1. The second kappa shape index (κ2) is 10.0. The maximum Gasteiger partial charge on any atom is 0.254 e. The van der Waals surface area contributed by atoms with Gasteiger partial charge in [-0.25, -0.2) is 9.37 Å². The highest BCUT2D eigenvalue weighted by atomic mass is 19.1. The molecule has 5 rings (SSSR count). The molecule has 0 radical (unpaired) electrons. The predicted molar refractivity (Wildman–Crippen MR) is 131 cm³/mol. The lowest BCUT2D eigenvalue weighted by molar-refractivity contribution is -0.122. The van der Waals surface area contributed by atoms with Crippen LogP contribution in [-0.4, -0.2) is 44.4 Å². The molecule has 0 bridgehead atoms. The van der Waals surface area contributed by atoms with Crippen molar-refractivity contribution in [2.75, 3.05) is 0 Å². The number of aryl methyl sites for hydroxylation is 1. The van der Waals surface area contributed by atoms with Crippen molar-refractivity contribution in [3.05, 3.63) is 89.3 Å². The Hall–Kier alpha value is -3.48. The van der Waals surface area contributed by atoms with E-state index in [1.54, 1.807) is 18.3 Å². The number of nitrogens with zero attached hydrogens (tertiary/aromatic N) is 3. The first-order chi connectivity index (χ1) is 17.0. The number of nitrogens with one attached hydrogen (secondary N) is 1. The lowest BCUT2D eigenvalue weighted by Crippen LogP contribution is -2.49. The molecule has 0 saturated carbocycles. The number of fused-ring (bicyclic) bond motifs is 1. The van der Waals surface area contributed by atoms with Gasteiger partial charge in [0.15, 0.2) is 0 Å². The van der Waals surface area contributed by atoms with E-state index >= 15 is 0 Å². The van der Waals surface area contributed by atoms with E-state index in [0.29, 0.717) is 31.4 Å². The highest BCUT2D eigenvalue weighted by molar-refractivity contribution is 5.95.